The highest BCUT2D eigenvalue weighted by molar-refractivity contribution is 5.89. The number of hydrogen-bond donors (Lipinski definition) is 3. The summed E-state index contributed by atoms with van der Waals surface area (Å²) in [5.74, 6) is -0.503. The molecule has 0 aliphatic carbocycles. The quantitative estimate of drug-likeness (QED) is 0.749. The van der Waals surface area contributed by atoms with Crippen LogP contribution in [-0.2, 0) is 9.59 Å². The number of carbonyl (C=O) groups is 2. The number of carbonyl (C=O) groups excluding carboxylic acids is 2. The van der Waals surface area contributed by atoms with E-state index in [1.165, 1.54) is 19.9 Å². The average Bonchev–Trinajstić information content (AvgIpc) is 2.45. The van der Waals surface area contributed by atoms with Crippen molar-refractivity contribution in [3.8, 4) is 5.75 Å². The van der Waals surface area contributed by atoms with Gasteiger partial charge in [-0.05, 0) is 30.3 Å². The summed E-state index contributed by atoms with van der Waals surface area (Å²) in [4.78, 5) is 22.0. The van der Waals surface area contributed by atoms with Gasteiger partial charge in [-0.3, -0.25) is 9.59 Å². The van der Waals surface area contributed by atoms with Crippen LogP contribution >= 0.6 is 0 Å². The third-order valence-electron chi connectivity index (χ3n) is 2.74. The number of phenolic OH excluding ortho intramolecular Hbond substituents is 1. The van der Waals surface area contributed by atoms with E-state index in [9.17, 15) is 14.7 Å². The first kappa shape index (κ1) is 16.2. The number of aromatic hydroxyl groups is 1. The van der Waals surface area contributed by atoms with Crippen LogP contribution in [0.15, 0.2) is 52.7 Å². The molecule has 0 atom stereocenters. The molecule has 0 heterocycles. The van der Waals surface area contributed by atoms with Crippen molar-refractivity contribution < 1.29 is 14.7 Å². The molecular formula is C16H16N4O3. The van der Waals surface area contributed by atoms with Gasteiger partial charge in [0.05, 0.1) is 5.69 Å². The third-order valence-corrected chi connectivity index (χ3v) is 2.74. The topological polar surface area (TPSA) is 103 Å². The lowest BCUT2D eigenvalue weighted by molar-refractivity contribution is -0.115. The van der Waals surface area contributed by atoms with Gasteiger partial charge < -0.3 is 15.7 Å². The minimum absolute atomic E-state index is 0.0991. The zero-order chi connectivity index (χ0) is 16.8. The van der Waals surface area contributed by atoms with Gasteiger partial charge in [-0.25, -0.2) is 0 Å². The fourth-order valence-electron chi connectivity index (χ4n) is 1.85. The number of nitrogens with zero attached hydrogens (tertiary/aromatic N) is 2. The molecule has 7 nitrogen and oxygen atoms in total. The van der Waals surface area contributed by atoms with Crippen molar-refractivity contribution in [1.29, 1.82) is 0 Å². The van der Waals surface area contributed by atoms with E-state index in [-0.39, 0.29) is 23.3 Å². The van der Waals surface area contributed by atoms with Crippen LogP contribution in [0.5, 0.6) is 5.75 Å². The predicted molar refractivity (Wildman–Crippen MR) is 87.3 cm³/mol. The fraction of sp³-hybridized carbons (Fsp3) is 0.125. The summed E-state index contributed by atoms with van der Waals surface area (Å²) in [6.45, 7) is 2.80. The normalized spacial score (nSPS) is 10.5. The summed E-state index contributed by atoms with van der Waals surface area (Å²) in [5, 5.41) is 23.1. The van der Waals surface area contributed by atoms with E-state index in [0.717, 1.165) is 0 Å². The molecule has 3 N–H and O–H groups in total. The Morgan fingerprint density at radius 1 is 0.913 bits per heavy atom. The van der Waals surface area contributed by atoms with Gasteiger partial charge in [-0.2, -0.15) is 5.11 Å². The second kappa shape index (κ2) is 7.17. The first-order valence-electron chi connectivity index (χ1n) is 6.84. The Hall–Kier alpha value is -3.22. The number of anilines is 2. The molecule has 0 aromatic heterocycles. The zero-order valence-corrected chi connectivity index (χ0v) is 12.7. The van der Waals surface area contributed by atoms with Crippen molar-refractivity contribution in [2.45, 2.75) is 13.8 Å². The first-order chi connectivity index (χ1) is 10.9. The summed E-state index contributed by atoms with van der Waals surface area (Å²) < 4.78 is 0. The molecular weight excluding hydrogens is 296 g/mol. The monoisotopic (exact) mass is 312 g/mol. The third kappa shape index (κ3) is 4.92. The van der Waals surface area contributed by atoms with Crippen LogP contribution in [0.25, 0.3) is 0 Å². The van der Waals surface area contributed by atoms with Gasteiger partial charge >= 0.3 is 0 Å². The zero-order valence-electron chi connectivity index (χ0n) is 12.7. The van der Waals surface area contributed by atoms with Crippen LogP contribution in [0.1, 0.15) is 13.8 Å². The molecule has 2 amide bonds. The Morgan fingerprint density at radius 2 is 1.57 bits per heavy atom. The highest BCUT2D eigenvalue weighted by Crippen LogP contribution is 2.31. The van der Waals surface area contributed by atoms with Gasteiger partial charge in [-0.15, -0.1) is 5.11 Å². The van der Waals surface area contributed by atoms with Crippen LogP contribution in [0, 0.1) is 0 Å². The fourth-order valence-corrected chi connectivity index (χ4v) is 1.85. The molecule has 0 spiro atoms. The maximum Gasteiger partial charge on any atom is 0.221 e. The van der Waals surface area contributed by atoms with Crippen LogP contribution in [0.2, 0.25) is 0 Å². The molecule has 2 rings (SSSR count). The Kier molecular flexibility index (Phi) is 5.03. The Morgan fingerprint density at radius 3 is 2.17 bits per heavy atom. The lowest BCUT2D eigenvalue weighted by atomic mass is 10.2. The number of azo groups is 1. The SMILES string of the molecule is CC(=O)Nc1cccc(/N=N\c2ccc(NC(C)=O)cc2O)c1. The highest BCUT2D eigenvalue weighted by atomic mass is 16.3. The molecule has 0 aliphatic heterocycles. The first-order valence-corrected chi connectivity index (χ1v) is 6.84. The van der Waals surface area contributed by atoms with Gasteiger partial charge in [0.15, 0.2) is 0 Å². The maximum absolute atomic E-state index is 11.0. The van der Waals surface area contributed by atoms with Crippen molar-refractivity contribution in [2.75, 3.05) is 10.6 Å². The molecule has 0 unspecified atom stereocenters. The van der Waals surface area contributed by atoms with Gasteiger partial charge in [0.1, 0.15) is 11.4 Å². The lowest BCUT2D eigenvalue weighted by Crippen LogP contribution is -2.05. The van der Waals surface area contributed by atoms with Crippen molar-refractivity contribution in [2.24, 2.45) is 10.2 Å². The van der Waals surface area contributed by atoms with Crippen molar-refractivity contribution in [3.63, 3.8) is 0 Å². The van der Waals surface area contributed by atoms with E-state index in [0.29, 0.717) is 17.1 Å². The number of benzene rings is 2. The number of phenols is 1. The van der Waals surface area contributed by atoms with E-state index in [1.54, 1.807) is 36.4 Å². The van der Waals surface area contributed by atoms with E-state index in [2.05, 4.69) is 20.9 Å². The van der Waals surface area contributed by atoms with E-state index >= 15 is 0 Å². The van der Waals surface area contributed by atoms with Crippen molar-refractivity contribution in [3.05, 3.63) is 42.5 Å². The number of nitrogens with one attached hydrogen (secondary N) is 2. The van der Waals surface area contributed by atoms with Crippen molar-refractivity contribution >= 4 is 34.6 Å². The molecule has 0 saturated carbocycles. The van der Waals surface area contributed by atoms with Gasteiger partial charge in [0, 0.05) is 31.3 Å². The van der Waals surface area contributed by atoms with Crippen LogP contribution in [0.3, 0.4) is 0 Å². The van der Waals surface area contributed by atoms with E-state index in [1.807, 2.05) is 0 Å². The molecule has 0 bridgehead atoms. The molecule has 118 valence electrons. The van der Waals surface area contributed by atoms with Crippen LogP contribution in [0.4, 0.5) is 22.7 Å². The van der Waals surface area contributed by atoms with E-state index < -0.39 is 0 Å². The number of rotatable bonds is 4. The van der Waals surface area contributed by atoms with Gasteiger partial charge in [0.2, 0.25) is 11.8 Å². The average molecular weight is 312 g/mol. The van der Waals surface area contributed by atoms with Gasteiger partial charge in [-0.1, -0.05) is 6.07 Å². The van der Waals surface area contributed by atoms with E-state index in [4.69, 9.17) is 0 Å². The van der Waals surface area contributed by atoms with Crippen LogP contribution < -0.4 is 10.6 Å². The molecule has 0 saturated heterocycles. The highest BCUT2D eigenvalue weighted by Gasteiger charge is 2.03. The standard InChI is InChI=1S/C16H16N4O3/c1-10(21)17-12-4-3-5-14(8-12)19-20-15-7-6-13(9-16(15)23)18-11(2)22/h3-9,23H,1-2H3,(H,17,21)(H,18,22)/b20-19-. The van der Waals surface area contributed by atoms with Crippen LogP contribution in [-0.4, -0.2) is 16.9 Å². The Bertz CT molecular complexity index is 772. The Labute approximate surface area is 133 Å². The molecule has 23 heavy (non-hydrogen) atoms. The second-order valence-electron chi connectivity index (χ2n) is 4.82. The molecule has 0 fully saturated rings. The number of amides is 2. The summed E-state index contributed by atoms with van der Waals surface area (Å²) in [6, 6.07) is 11.4. The Balaban J connectivity index is 2.16. The smallest absolute Gasteiger partial charge is 0.221 e. The summed E-state index contributed by atoms with van der Waals surface area (Å²) >= 11 is 0. The molecule has 0 aliphatic rings. The minimum atomic E-state index is -0.228. The van der Waals surface area contributed by atoms with Crippen molar-refractivity contribution in [1.82, 2.24) is 0 Å². The molecule has 2 aromatic rings. The molecule has 2 aromatic carbocycles. The lowest BCUT2D eigenvalue weighted by Gasteiger charge is -2.04. The predicted octanol–water partition coefficient (Wildman–Crippen LogP) is 3.72. The summed E-state index contributed by atoms with van der Waals surface area (Å²) in [6.07, 6.45) is 0. The summed E-state index contributed by atoms with van der Waals surface area (Å²) in [7, 11) is 0. The maximum atomic E-state index is 11.0. The second-order valence-corrected chi connectivity index (χ2v) is 4.82. The minimum Gasteiger partial charge on any atom is -0.506 e. The largest absolute Gasteiger partial charge is 0.506 e. The van der Waals surface area contributed by atoms with Gasteiger partial charge in [0.25, 0.3) is 0 Å². The molecule has 0 radical (unpaired) electrons. The molecule has 7 heteroatoms. The number of hydrogen-bond acceptors (Lipinski definition) is 5. The summed E-state index contributed by atoms with van der Waals surface area (Å²) in [5.41, 5.74) is 1.88.